The van der Waals surface area contributed by atoms with Gasteiger partial charge < -0.3 is 5.11 Å². The number of aliphatic carboxylic acids is 1. The third kappa shape index (κ3) is 3.23. The zero-order valence-corrected chi connectivity index (χ0v) is 11.4. The molecule has 1 saturated heterocycles. The number of sulfonamides is 1. The number of carboxylic acid groups (broad SMARTS) is 1. The Morgan fingerprint density at radius 1 is 1.17 bits per heavy atom. The molecule has 2 rings (SSSR count). The molecule has 0 aromatic carbocycles. The SMILES string of the molecule is O=C(O)[C@@H]1CCN(S(=O)(=O)CC2CCCCC2)C1. The van der Waals surface area contributed by atoms with Crippen LogP contribution in [0.1, 0.15) is 38.5 Å². The fraction of sp³-hybridized carbons (Fsp3) is 0.917. The van der Waals surface area contributed by atoms with E-state index in [9.17, 15) is 13.2 Å². The second-order valence-electron chi connectivity index (χ2n) is 5.46. The maximum Gasteiger partial charge on any atom is 0.307 e. The van der Waals surface area contributed by atoms with Crippen LogP contribution in [0.25, 0.3) is 0 Å². The number of carboxylic acids is 1. The summed E-state index contributed by atoms with van der Waals surface area (Å²) in [5.41, 5.74) is 0. The zero-order valence-electron chi connectivity index (χ0n) is 10.5. The lowest BCUT2D eigenvalue weighted by atomic mass is 9.91. The van der Waals surface area contributed by atoms with Crippen molar-refractivity contribution in [1.29, 1.82) is 0 Å². The Morgan fingerprint density at radius 2 is 1.83 bits per heavy atom. The van der Waals surface area contributed by atoms with Crippen LogP contribution in [-0.4, -0.2) is 42.6 Å². The standard InChI is InChI=1S/C12H21NO4S/c14-12(15)11-6-7-13(8-11)18(16,17)9-10-4-2-1-3-5-10/h10-11H,1-9H2,(H,14,15)/t11-/m1/s1. The Labute approximate surface area is 108 Å². The first-order valence-electron chi connectivity index (χ1n) is 6.69. The molecular formula is C12H21NO4S. The predicted molar refractivity (Wildman–Crippen MR) is 67.7 cm³/mol. The van der Waals surface area contributed by atoms with E-state index in [1.807, 2.05) is 0 Å². The van der Waals surface area contributed by atoms with Gasteiger partial charge in [0.25, 0.3) is 0 Å². The van der Waals surface area contributed by atoms with Crippen LogP contribution < -0.4 is 0 Å². The molecule has 6 heteroatoms. The van der Waals surface area contributed by atoms with E-state index >= 15 is 0 Å². The smallest absolute Gasteiger partial charge is 0.307 e. The van der Waals surface area contributed by atoms with E-state index in [0.717, 1.165) is 25.7 Å². The Kier molecular flexibility index (Phi) is 4.27. The van der Waals surface area contributed by atoms with Gasteiger partial charge in [-0.2, -0.15) is 0 Å². The largest absolute Gasteiger partial charge is 0.481 e. The van der Waals surface area contributed by atoms with Crippen LogP contribution in [0.2, 0.25) is 0 Å². The van der Waals surface area contributed by atoms with E-state index < -0.39 is 21.9 Å². The van der Waals surface area contributed by atoms with Gasteiger partial charge in [-0.1, -0.05) is 19.3 Å². The lowest BCUT2D eigenvalue weighted by molar-refractivity contribution is -0.141. The number of hydrogen-bond acceptors (Lipinski definition) is 3. The minimum atomic E-state index is -3.26. The van der Waals surface area contributed by atoms with E-state index in [2.05, 4.69) is 0 Å². The Morgan fingerprint density at radius 3 is 2.39 bits per heavy atom. The first kappa shape index (κ1) is 13.8. The third-order valence-electron chi connectivity index (χ3n) is 4.06. The van der Waals surface area contributed by atoms with Crippen molar-refractivity contribution >= 4 is 16.0 Å². The van der Waals surface area contributed by atoms with Gasteiger partial charge in [0.1, 0.15) is 0 Å². The fourth-order valence-corrected chi connectivity index (χ4v) is 4.87. The summed E-state index contributed by atoms with van der Waals surface area (Å²) in [6.07, 6.45) is 5.89. The highest BCUT2D eigenvalue weighted by Crippen LogP contribution is 2.27. The molecule has 0 spiro atoms. The average molecular weight is 275 g/mol. The van der Waals surface area contributed by atoms with Crippen LogP contribution in [0, 0.1) is 11.8 Å². The molecule has 0 aromatic rings. The molecular weight excluding hydrogens is 254 g/mol. The predicted octanol–water partition coefficient (Wildman–Crippen LogP) is 1.30. The molecule has 1 aliphatic carbocycles. The van der Waals surface area contributed by atoms with Crippen molar-refractivity contribution in [2.75, 3.05) is 18.8 Å². The molecule has 1 N–H and O–H groups in total. The van der Waals surface area contributed by atoms with Gasteiger partial charge in [0.15, 0.2) is 0 Å². The first-order valence-corrected chi connectivity index (χ1v) is 8.30. The molecule has 1 heterocycles. The Hall–Kier alpha value is -0.620. The summed E-state index contributed by atoms with van der Waals surface area (Å²) < 4.78 is 25.8. The van der Waals surface area contributed by atoms with Crippen molar-refractivity contribution in [3.63, 3.8) is 0 Å². The van der Waals surface area contributed by atoms with Crippen molar-refractivity contribution in [2.24, 2.45) is 11.8 Å². The monoisotopic (exact) mass is 275 g/mol. The van der Waals surface area contributed by atoms with Crippen LogP contribution in [0.3, 0.4) is 0 Å². The molecule has 0 aromatic heterocycles. The summed E-state index contributed by atoms with van der Waals surface area (Å²) in [6, 6.07) is 0. The van der Waals surface area contributed by atoms with Crippen molar-refractivity contribution in [2.45, 2.75) is 38.5 Å². The lowest BCUT2D eigenvalue weighted by Gasteiger charge is -2.24. The van der Waals surface area contributed by atoms with Gasteiger partial charge in [0.05, 0.1) is 11.7 Å². The molecule has 18 heavy (non-hydrogen) atoms. The molecule has 0 radical (unpaired) electrons. The number of hydrogen-bond donors (Lipinski definition) is 1. The molecule has 2 fully saturated rings. The van der Waals surface area contributed by atoms with Crippen LogP contribution in [0.4, 0.5) is 0 Å². The highest BCUT2D eigenvalue weighted by molar-refractivity contribution is 7.89. The van der Waals surface area contributed by atoms with E-state index in [0.29, 0.717) is 13.0 Å². The van der Waals surface area contributed by atoms with E-state index in [1.165, 1.54) is 10.7 Å². The number of rotatable bonds is 4. The minimum Gasteiger partial charge on any atom is -0.481 e. The van der Waals surface area contributed by atoms with Crippen molar-refractivity contribution in [3.05, 3.63) is 0 Å². The van der Waals surface area contributed by atoms with Crippen LogP contribution in [-0.2, 0) is 14.8 Å². The van der Waals surface area contributed by atoms with Crippen LogP contribution in [0.5, 0.6) is 0 Å². The van der Waals surface area contributed by atoms with Gasteiger partial charge in [-0.25, -0.2) is 12.7 Å². The molecule has 5 nitrogen and oxygen atoms in total. The molecule has 104 valence electrons. The van der Waals surface area contributed by atoms with Gasteiger partial charge in [-0.05, 0) is 25.2 Å². The second kappa shape index (κ2) is 5.57. The Bertz CT molecular complexity index is 400. The summed E-state index contributed by atoms with van der Waals surface area (Å²) in [5, 5.41) is 8.90. The maximum atomic E-state index is 12.2. The molecule has 2 aliphatic rings. The second-order valence-corrected chi connectivity index (χ2v) is 7.48. The molecule has 0 amide bonds. The van der Waals surface area contributed by atoms with E-state index in [1.54, 1.807) is 0 Å². The summed E-state index contributed by atoms with van der Waals surface area (Å²) in [4.78, 5) is 10.8. The summed E-state index contributed by atoms with van der Waals surface area (Å²) in [5.74, 6) is -0.927. The summed E-state index contributed by atoms with van der Waals surface area (Å²) in [6.45, 7) is 0.524. The van der Waals surface area contributed by atoms with Gasteiger partial charge >= 0.3 is 5.97 Å². The van der Waals surface area contributed by atoms with E-state index in [-0.39, 0.29) is 18.2 Å². The molecule has 1 atom stereocenters. The third-order valence-corrected chi connectivity index (χ3v) is 6.08. The van der Waals surface area contributed by atoms with E-state index in [4.69, 9.17) is 5.11 Å². The van der Waals surface area contributed by atoms with Crippen LogP contribution >= 0.6 is 0 Å². The van der Waals surface area contributed by atoms with Gasteiger partial charge in [-0.15, -0.1) is 0 Å². The van der Waals surface area contributed by atoms with Gasteiger partial charge in [0, 0.05) is 13.1 Å². The highest BCUT2D eigenvalue weighted by Gasteiger charge is 2.36. The summed E-state index contributed by atoms with van der Waals surface area (Å²) >= 11 is 0. The van der Waals surface area contributed by atoms with Crippen molar-refractivity contribution in [1.82, 2.24) is 4.31 Å². The quantitative estimate of drug-likeness (QED) is 0.839. The normalized spacial score (nSPS) is 27.4. The molecule has 0 unspecified atom stereocenters. The van der Waals surface area contributed by atoms with Gasteiger partial charge in [0.2, 0.25) is 10.0 Å². The molecule has 0 bridgehead atoms. The van der Waals surface area contributed by atoms with Crippen molar-refractivity contribution in [3.8, 4) is 0 Å². The maximum absolute atomic E-state index is 12.2. The molecule has 1 aliphatic heterocycles. The lowest BCUT2D eigenvalue weighted by Crippen LogP contribution is -2.34. The number of nitrogens with zero attached hydrogens (tertiary/aromatic N) is 1. The topological polar surface area (TPSA) is 74.7 Å². The van der Waals surface area contributed by atoms with Gasteiger partial charge in [-0.3, -0.25) is 4.79 Å². The highest BCUT2D eigenvalue weighted by atomic mass is 32.2. The molecule has 1 saturated carbocycles. The Balaban J connectivity index is 1.92. The average Bonchev–Trinajstić information content (AvgIpc) is 2.79. The summed E-state index contributed by atoms with van der Waals surface area (Å²) in [7, 11) is -3.26. The minimum absolute atomic E-state index is 0.157. The zero-order chi connectivity index (χ0) is 13.2. The van der Waals surface area contributed by atoms with Crippen molar-refractivity contribution < 1.29 is 18.3 Å². The fourth-order valence-electron chi connectivity index (χ4n) is 2.94. The first-order chi connectivity index (χ1) is 8.49. The van der Waals surface area contributed by atoms with Crippen LogP contribution in [0.15, 0.2) is 0 Å². The number of carbonyl (C=O) groups is 1.